The lowest BCUT2D eigenvalue weighted by molar-refractivity contribution is 0.00712. The summed E-state index contributed by atoms with van der Waals surface area (Å²) in [6.45, 7) is 6.74. The number of rotatable bonds is 3. The number of methoxy groups -OCH3 is 1. The third-order valence-electron chi connectivity index (χ3n) is 3.11. The van der Waals surface area contributed by atoms with Gasteiger partial charge in [0.15, 0.2) is 0 Å². The maximum Gasteiger partial charge on any atom is 0.410 e. The summed E-state index contributed by atoms with van der Waals surface area (Å²) in [4.78, 5) is 21.9. The molecule has 2 heterocycles. The number of nitrogens with zero attached hydrogens (tertiary/aromatic N) is 3. The van der Waals surface area contributed by atoms with Crippen LogP contribution < -0.4 is 9.47 Å². The van der Waals surface area contributed by atoms with Crippen LogP contribution in [0.15, 0.2) is 12.3 Å². The molecule has 0 aromatic carbocycles. The molecule has 1 aromatic rings. The summed E-state index contributed by atoms with van der Waals surface area (Å²) in [5.41, 5.74) is -0.495. The van der Waals surface area contributed by atoms with Gasteiger partial charge in [0, 0.05) is 18.8 Å². The summed E-state index contributed by atoms with van der Waals surface area (Å²) < 4.78 is 16.2. The predicted octanol–water partition coefficient (Wildman–Crippen LogP) is 2.26. The van der Waals surface area contributed by atoms with Gasteiger partial charge in [0.1, 0.15) is 11.7 Å². The number of carbonyl (C=O) groups excluding carboxylic acids is 1. The smallest absolute Gasteiger partial charge is 0.410 e. The maximum absolute atomic E-state index is 12.1. The maximum atomic E-state index is 12.1. The predicted molar refractivity (Wildman–Crippen MR) is 80.0 cm³/mol. The van der Waals surface area contributed by atoms with Crippen molar-refractivity contribution in [2.24, 2.45) is 0 Å². The highest BCUT2D eigenvalue weighted by atomic mass is 16.6. The summed E-state index contributed by atoms with van der Waals surface area (Å²) in [6.07, 6.45) is 2.90. The van der Waals surface area contributed by atoms with Crippen molar-refractivity contribution in [1.29, 1.82) is 0 Å². The Bertz CT molecular complexity index is 516. The van der Waals surface area contributed by atoms with Crippen LogP contribution in [0.3, 0.4) is 0 Å². The molecule has 1 saturated heterocycles. The largest absolute Gasteiger partial charge is 0.472 e. The third kappa shape index (κ3) is 4.75. The molecule has 0 saturated carbocycles. The molecule has 1 fully saturated rings. The lowest BCUT2D eigenvalue weighted by Gasteiger charge is -2.33. The van der Waals surface area contributed by atoms with E-state index in [4.69, 9.17) is 14.2 Å². The van der Waals surface area contributed by atoms with Gasteiger partial charge < -0.3 is 19.1 Å². The number of likely N-dealkylation sites (tertiary alicyclic amines) is 1. The van der Waals surface area contributed by atoms with Crippen LogP contribution in [0.1, 0.15) is 33.6 Å². The molecule has 1 amide bonds. The first-order chi connectivity index (χ1) is 10.4. The first-order valence-corrected chi connectivity index (χ1v) is 7.39. The number of amides is 1. The molecule has 1 unspecified atom stereocenters. The molecule has 1 aliphatic rings. The van der Waals surface area contributed by atoms with Crippen molar-refractivity contribution in [2.45, 2.75) is 45.3 Å². The van der Waals surface area contributed by atoms with E-state index in [1.807, 2.05) is 20.8 Å². The molecule has 122 valence electrons. The number of aromatic nitrogens is 2. The zero-order valence-corrected chi connectivity index (χ0v) is 13.5. The van der Waals surface area contributed by atoms with E-state index < -0.39 is 5.60 Å². The Morgan fingerprint density at radius 2 is 2.18 bits per heavy atom. The van der Waals surface area contributed by atoms with Gasteiger partial charge in [0.2, 0.25) is 5.88 Å². The lowest BCUT2D eigenvalue weighted by Crippen LogP contribution is -2.46. The first-order valence-electron chi connectivity index (χ1n) is 7.39. The van der Waals surface area contributed by atoms with Crippen molar-refractivity contribution in [3.8, 4) is 11.9 Å². The van der Waals surface area contributed by atoms with Crippen LogP contribution in [-0.4, -0.2) is 52.9 Å². The summed E-state index contributed by atoms with van der Waals surface area (Å²) >= 11 is 0. The molecular weight excluding hydrogens is 286 g/mol. The van der Waals surface area contributed by atoms with Crippen LogP contribution in [0, 0.1) is 0 Å². The molecule has 7 nitrogen and oxygen atoms in total. The first kappa shape index (κ1) is 16.3. The Kier molecular flexibility index (Phi) is 5.05. The number of carbonyl (C=O) groups is 1. The van der Waals surface area contributed by atoms with Crippen molar-refractivity contribution in [3.63, 3.8) is 0 Å². The Balaban J connectivity index is 1.94. The molecular formula is C15H23N3O4. The molecule has 0 aliphatic carbocycles. The second-order valence-electron chi connectivity index (χ2n) is 6.19. The van der Waals surface area contributed by atoms with Crippen LogP contribution >= 0.6 is 0 Å². The molecule has 1 atom stereocenters. The molecule has 2 rings (SSSR count). The van der Waals surface area contributed by atoms with Gasteiger partial charge in [-0.05, 0) is 33.6 Å². The standard InChI is InChI=1S/C15H23N3O4/c1-15(2,3)22-14(19)18-9-5-6-11(10-18)21-12-7-8-16-13(17-12)20-4/h7-8,11H,5-6,9-10H2,1-4H3. The number of hydrogen-bond acceptors (Lipinski definition) is 6. The van der Waals surface area contributed by atoms with E-state index in [2.05, 4.69) is 9.97 Å². The van der Waals surface area contributed by atoms with Crippen LogP contribution in [0.5, 0.6) is 11.9 Å². The zero-order chi connectivity index (χ0) is 16.2. The summed E-state index contributed by atoms with van der Waals surface area (Å²) in [5.74, 6) is 0.447. The van der Waals surface area contributed by atoms with Crippen LogP contribution in [0.2, 0.25) is 0 Å². The molecule has 0 bridgehead atoms. The van der Waals surface area contributed by atoms with E-state index in [0.717, 1.165) is 12.8 Å². The van der Waals surface area contributed by atoms with E-state index in [1.165, 1.54) is 7.11 Å². The molecule has 22 heavy (non-hydrogen) atoms. The average Bonchev–Trinajstić information content (AvgIpc) is 2.46. The highest BCUT2D eigenvalue weighted by molar-refractivity contribution is 5.68. The Morgan fingerprint density at radius 1 is 1.41 bits per heavy atom. The van der Waals surface area contributed by atoms with E-state index in [0.29, 0.717) is 19.0 Å². The summed E-state index contributed by atoms with van der Waals surface area (Å²) in [5, 5.41) is 0. The van der Waals surface area contributed by atoms with E-state index in [9.17, 15) is 4.79 Å². The highest BCUT2D eigenvalue weighted by Crippen LogP contribution is 2.19. The molecule has 0 N–H and O–H groups in total. The molecule has 1 aliphatic heterocycles. The van der Waals surface area contributed by atoms with Crippen molar-refractivity contribution in [2.75, 3.05) is 20.2 Å². The van der Waals surface area contributed by atoms with Gasteiger partial charge in [0.05, 0.1) is 13.7 Å². The van der Waals surface area contributed by atoms with Gasteiger partial charge in [-0.1, -0.05) is 0 Å². The van der Waals surface area contributed by atoms with Gasteiger partial charge in [0.25, 0.3) is 0 Å². The minimum atomic E-state index is -0.495. The van der Waals surface area contributed by atoms with E-state index >= 15 is 0 Å². The lowest BCUT2D eigenvalue weighted by atomic mass is 10.1. The zero-order valence-electron chi connectivity index (χ0n) is 13.5. The van der Waals surface area contributed by atoms with Gasteiger partial charge >= 0.3 is 12.1 Å². The van der Waals surface area contributed by atoms with Crippen molar-refractivity contribution >= 4 is 6.09 Å². The Labute approximate surface area is 130 Å². The SMILES string of the molecule is COc1nccc(OC2CCCN(C(=O)OC(C)(C)C)C2)n1. The highest BCUT2D eigenvalue weighted by Gasteiger charge is 2.28. The second-order valence-corrected chi connectivity index (χ2v) is 6.19. The topological polar surface area (TPSA) is 73.8 Å². The van der Waals surface area contributed by atoms with Crippen molar-refractivity contribution < 1.29 is 19.0 Å². The van der Waals surface area contributed by atoms with Gasteiger partial charge in [-0.3, -0.25) is 0 Å². The van der Waals surface area contributed by atoms with Crippen LogP contribution in [0.25, 0.3) is 0 Å². The minimum Gasteiger partial charge on any atom is -0.472 e. The third-order valence-corrected chi connectivity index (χ3v) is 3.11. The Morgan fingerprint density at radius 3 is 2.86 bits per heavy atom. The van der Waals surface area contributed by atoms with E-state index in [1.54, 1.807) is 17.2 Å². The van der Waals surface area contributed by atoms with Crippen LogP contribution in [-0.2, 0) is 4.74 Å². The van der Waals surface area contributed by atoms with Crippen molar-refractivity contribution in [3.05, 3.63) is 12.3 Å². The fourth-order valence-electron chi connectivity index (χ4n) is 2.19. The molecule has 1 aromatic heterocycles. The monoisotopic (exact) mass is 309 g/mol. The number of hydrogen-bond donors (Lipinski definition) is 0. The Hall–Kier alpha value is -2.05. The van der Waals surface area contributed by atoms with Crippen molar-refractivity contribution in [1.82, 2.24) is 14.9 Å². The average molecular weight is 309 g/mol. The molecule has 0 spiro atoms. The fraction of sp³-hybridized carbons (Fsp3) is 0.667. The summed E-state index contributed by atoms with van der Waals surface area (Å²) in [7, 11) is 1.50. The molecule has 7 heteroatoms. The van der Waals surface area contributed by atoms with Gasteiger partial charge in [-0.25, -0.2) is 9.78 Å². The quantitative estimate of drug-likeness (QED) is 0.852. The van der Waals surface area contributed by atoms with Gasteiger partial charge in [-0.15, -0.1) is 0 Å². The number of ether oxygens (including phenoxy) is 3. The second kappa shape index (κ2) is 6.81. The number of piperidine rings is 1. The fourth-order valence-corrected chi connectivity index (χ4v) is 2.19. The minimum absolute atomic E-state index is 0.110. The summed E-state index contributed by atoms with van der Waals surface area (Å²) in [6, 6.07) is 1.94. The van der Waals surface area contributed by atoms with E-state index in [-0.39, 0.29) is 18.2 Å². The molecule has 0 radical (unpaired) electrons. The normalized spacial score (nSPS) is 18.7. The van der Waals surface area contributed by atoms with Crippen LogP contribution in [0.4, 0.5) is 4.79 Å². The van der Waals surface area contributed by atoms with Gasteiger partial charge in [-0.2, -0.15) is 4.98 Å².